The first kappa shape index (κ1) is 27.7. The van der Waals surface area contributed by atoms with Gasteiger partial charge in [0.05, 0.1) is 0 Å². The summed E-state index contributed by atoms with van der Waals surface area (Å²) >= 11 is 1.52. The van der Waals surface area contributed by atoms with Crippen molar-refractivity contribution in [2.45, 2.75) is 93.0 Å². The third-order valence-electron chi connectivity index (χ3n) is 5.54. The van der Waals surface area contributed by atoms with Gasteiger partial charge in [-0.05, 0) is 5.92 Å². The Kier molecular flexibility index (Phi) is 17.2. The summed E-state index contributed by atoms with van der Waals surface area (Å²) in [6.07, 6.45) is 12.0. The topological polar surface area (TPSA) is 32.6 Å². The van der Waals surface area contributed by atoms with Crippen LogP contribution in [0.25, 0.3) is 0 Å². The number of aliphatic hydroxyl groups excluding tert-OH is 1. The van der Waals surface area contributed by atoms with Crippen molar-refractivity contribution in [2.75, 3.05) is 7.11 Å². The molecule has 0 amide bonds. The van der Waals surface area contributed by atoms with E-state index in [0.717, 1.165) is 36.7 Å². The van der Waals surface area contributed by atoms with E-state index in [0.29, 0.717) is 0 Å². The Morgan fingerprint density at radius 1 is 0.800 bits per heavy atom. The number of aliphatic hydroxyl groups is 1. The second-order valence-corrected chi connectivity index (χ2v) is 9.18. The van der Waals surface area contributed by atoms with E-state index in [9.17, 15) is 0 Å². The summed E-state index contributed by atoms with van der Waals surface area (Å²) in [5, 5.41) is 7.00. The van der Waals surface area contributed by atoms with Gasteiger partial charge in [-0.2, -0.15) is 24.7 Å². The predicted molar refractivity (Wildman–Crippen MR) is 108 cm³/mol. The van der Waals surface area contributed by atoms with Gasteiger partial charge in [0.15, 0.2) is 0 Å². The monoisotopic (exact) mass is 432 g/mol. The summed E-state index contributed by atoms with van der Waals surface area (Å²) < 4.78 is 4.07. The van der Waals surface area contributed by atoms with E-state index in [1.54, 1.807) is 0 Å². The average Bonchev–Trinajstić information content (AvgIpc) is 2.62. The third-order valence-corrected chi connectivity index (χ3v) is 7.02. The smallest absolute Gasteiger partial charge is 0.0319 e. The summed E-state index contributed by atoms with van der Waals surface area (Å²) in [4.78, 5) is 0. The molecule has 0 aromatic heterocycles. The standard InChI is InChI=1S/C11H21.C6H11.C4H9N.CH4O.Nb/c1-7-6-8(2)10(4)11(5)9(7)3;1-2-4-6-5-3-1;1-4(2,3)5;1-2;/h6-11H,1-5H3;1H,2-6H2;1-3H3;2H,1H3;/q2*-1;;;. The fourth-order valence-electron chi connectivity index (χ4n) is 3.16. The molecule has 151 valence electrons. The van der Waals surface area contributed by atoms with Crippen molar-refractivity contribution in [3.05, 3.63) is 12.8 Å². The largest absolute Gasteiger partial charge is 0.400 e. The van der Waals surface area contributed by atoms with Gasteiger partial charge < -0.3 is 17.9 Å². The van der Waals surface area contributed by atoms with Crippen molar-refractivity contribution in [2.24, 2.45) is 32.9 Å². The Balaban J connectivity index is 0. The number of nitrogens with zero attached hydrogens (tertiary/aromatic N) is 1. The van der Waals surface area contributed by atoms with Crippen molar-refractivity contribution in [1.29, 1.82) is 0 Å². The Morgan fingerprint density at radius 2 is 1.16 bits per heavy atom. The van der Waals surface area contributed by atoms with Crippen LogP contribution in [0, 0.1) is 42.4 Å². The van der Waals surface area contributed by atoms with Crippen molar-refractivity contribution in [3.8, 4) is 0 Å². The second-order valence-electron chi connectivity index (χ2n) is 8.69. The third kappa shape index (κ3) is 14.3. The normalized spacial score (nSPS) is 31.8. The molecule has 0 aromatic rings. The molecule has 2 aliphatic rings. The molecule has 0 saturated heterocycles. The molecule has 0 aliphatic heterocycles. The predicted octanol–water partition coefficient (Wildman–Crippen LogP) is 6.66. The van der Waals surface area contributed by atoms with Crippen molar-refractivity contribution in [1.82, 2.24) is 0 Å². The fraction of sp³-hybridized carbons (Fsp3) is 0.909. The number of rotatable bonds is 0. The maximum atomic E-state index is 7.00. The Bertz CT molecular complexity index is 284. The van der Waals surface area contributed by atoms with Crippen LogP contribution in [0.4, 0.5) is 0 Å². The molecule has 2 saturated carbocycles. The molecule has 4 unspecified atom stereocenters. The molecular formula is C22H45NNbO-2. The molecule has 2 fully saturated rings. The van der Waals surface area contributed by atoms with Gasteiger partial charge in [0.1, 0.15) is 0 Å². The Hall–Kier alpha value is 0.500. The average molecular weight is 433 g/mol. The first-order chi connectivity index (χ1) is 11.6. The SMILES string of the molecule is CC(C)(C)[N]=[Nb].CC1[CH-]C(C)C(C)C(C)C1C.CO.[CH-]1CCCCC1. The van der Waals surface area contributed by atoms with Crippen molar-refractivity contribution >= 4 is 0 Å². The van der Waals surface area contributed by atoms with Crippen LogP contribution in [0.1, 0.15) is 87.5 Å². The molecular weight excluding hydrogens is 387 g/mol. The van der Waals surface area contributed by atoms with Crippen LogP contribution in [-0.4, -0.2) is 17.8 Å². The van der Waals surface area contributed by atoms with Gasteiger partial charge >= 0.3 is 50.5 Å². The van der Waals surface area contributed by atoms with E-state index in [2.05, 4.69) is 71.6 Å². The molecule has 0 aromatic carbocycles. The molecule has 2 aliphatic carbocycles. The van der Waals surface area contributed by atoms with Gasteiger partial charge in [-0.1, -0.05) is 65.7 Å². The zero-order valence-corrected chi connectivity index (χ0v) is 20.6. The number of hydrogen-bond acceptors (Lipinski definition) is 2. The van der Waals surface area contributed by atoms with Crippen molar-refractivity contribution in [3.63, 3.8) is 0 Å². The Labute approximate surface area is 171 Å². The Morgan fingerprint density at radius 3 is 1.36 bits per heavy atom. The van der Waals surface area contributed by atoms with Crippen molar-refractivity contribution < 1.29 is 26.0 Å². The van der Waals surface area contributed by atoms with E-state index in [1.165, 1.54) is 53.0 Å². The molecule has 1 N–H and O–H groups in total. The van der Waals surface area contributed by atoms with Gasteiger partial charge in [-0.15, -0.1) is 0 Å². The van der Waals surface area contributed by atoms with Crippen LogP contribution in [-0.2, 0) is 20.9 Å². The van der Waals surface area contributed by atoms with E-state index in [-0.39, 0.29) is 5.54 Å². The van der Waals surface area contributed by atoms with Gasteiger partial charge in [-0.25, -0.2) is 0 Å². The molecule has 25 heavy (non-hydrogen) atoms. The number of hydrogen-bond donors (Lipinski definition) is 1. The minimum atomic E-state index is 0.189. The van der Waals surface area contributed by atoms with E-state index >= 15 is 0 Å². The maximum absolute atomic E-state index is 7.00. The zero-order valence-electron chi connectivity index (χ0n) is 18.4. The molecule has 3 heteroatoms. The van der Waals surface area contributed by atoms with Gasteiger partial charge in [0.25, 0.3) is 0 Å². The van der Waals surface area contributed by atoms with Gasteiger partial charge in [-0.3, -0.25) is 0 Å². The second kappa shape index (κ2) is 15.5. The van der Waals surface area contributed by atoms with Gasteiger partial charge in [0.2, 0.25) is 0 Å². The van der Waals surface area contributed by atoms with Gasteiger partial charge in [0, 0.05) is 7.11 Å². The first-order valence-corrected chi connectivity index (χ1v) is 11.1. The first-order valence-electron chi connectivity index (χ1n) is 10.1. The minimum Gasteiger partial charge on any atom is -0.400 e. The molecule has 2 rings (SSSR count). The van der Waals surface area contributed by atoms with Crippen LogP contribution in [0.5, 0.6) is 0 Å². The summed E-state index contributed by atoms with van der Waals surface area (Å²) in [5.41, 5.74) is 0.189. The van der Waals surface area contributed by atoms with Crippen LogP contribution in [0.3, 0.4) is 0 Å². The summed E-state index contributed by atoms with van der Waals surface area (Å²) in [6.45, 7) is 18.1. The van der Waals surface area contributed by atoms with E-state index < -0.39 is 0 Å². The molecule has 0 radical (unpaired) electrons. The summed E-state index contributed by atoms with van der Waals surface area (Å²) in [6, 6.07) is 0. The fourth-order valence-corrected chi connectivity index (χ4v) is 3.16. The molecule has 0 heterocycles. The van der Waals surface area contributed by atoms with Crippen LogP contribution in [0.15, 0.2) is 3.34 Å². The minimum absolute atomic E-state index is 0.189. The van der Waals surface area contributed by atoms with E-state index in [1.807, 2.05) is 0 Å². The van der Waals surface area contributed by atoms with E-state index in [4.69, 9.17) is 5.11 Å². The molecule has 2 nitrogen and oxygen atoms in total. The summed E-state index contributed by atoms with van der Waals surface area (Å²) in [5.74, 6) is 4.28. The maximum Gasteiger partial charge on any atom is 0.0319 e. The van der Waals surface area contributed by atoms with Crippen LogP contribution >= 0.6 is 0 Å². The zero-order chi connectivity index (χ0) is 20.0. The molecule has 4 atom stereocenters. The molecule has 0 spiro atoms. The molecule has 0 bridgehead atoms. The van der Waals surface area contributed by atoms with Crippen LogP contribution < -0.4 is 0 Å². The van der Waals surface area contributed by atoms with Crippen LogP contribution in [0.2, 0.25) is 0 Å². The quantitative estimate of drug-likeness (QED) is 0.337. The summed E-state index contributed by atoms with van der Waals surface area (Å²) in [7, 11) is 1.00.